The molecule has 0 aliphatic heterocycles. The van der Waals surface area contributed by atoms with Gasteiger partial charge in [0.2, 0.25) is 0 Å². The highest BCUT2D eigenvalue weighted by Gasteiger charge is 2.46. The average molecular weight is 337 g/mol. The van der Waals surface area contributed by atoms with E-state index in [2.05, 4.69) is 26.5 Å². The summed E-state index contributed by atoms with van der Waals surface area (Å²) in [6, 6.07) is 3.36. The summed E-state index contributed by atoms with van der Waals surface area (Å²) in [6.45, 7) is 0. The zero-order valence-electron chi connectivity index (χ0n) is 11.1. The van der Waals surface area contributed by atoms with E-state index in [9.17, 15) is 4.79 Å². The second-order valence-electron chi connectivity index (χ2n) is 6.39. The number of furan rings is 1. The molecule has 0 saturated heterocycles. The predicted molar refractivity (Wildman–Crippen MR) is 78.4 cm³/mol. The number of hydrogen-bond donors (Lipinski definition) is 1. The smallest absolute Gasteiger partial charge is 0.307 e. The first-order valence-corrected chi connectivity index (χ1v) is 8.11. The van der Waals surface area contributed by atoms with Crippen LogP contribution in [0.25, 0.3) is 0 Å². The van der Waals surface area contributed by atoms with Gasteiger partial charge in [-0.25, -0.2) is 5.43 Å². The van der Waals surface area contributed by atoms with Crippen molar-refractivity contribution >= 4 is 27.5 Å². The molecule has 1 heterocycles. The summed E-state index contributed by atoms with van der Waals surface area (Å²) in [7, 11) is 0. The summed E-state index contributed by atoms with van der Waals surface area (Å²) >= 11 is 3.20. The van der Waals surface area contributed by atoms with Gasteiger partial charge in [-0.1, -0.05) is 0 Å². The third kappa shape index (κ3) is 2.12. The summed E-state index contributed by atoms with van der Waals surface area (Å²) < 4.78 is 5.80. The largest absolute Gasteiger partial charge is 0.444 e. The first-order valence-electron chi connectivity index (χ1n) is 7.32. The van der Waals surface area contributed by atoms with Crippen LogP contribution in [0.15, 0.2) is 26.3 Å². The van der Waals surface area contributed by atoms with E-state index in [0.717, 1.165) is 11.8 Å². The zero-order valence-corrected chi connectivity index (χ0v) is 12.7. The fourth-order valence-corrected chi connectivity index (χ4v) is 4.76. The molecule has 106 valence electrons. The van der Waals surface area contributed by atoms with Gasteiger partial charge in [0.1, 0.15) is 0 Å². The first kappa shape index (κ1) is 12.6. The van der Waals surface area contributed by atoms with E-state index < -0.39 is 0 Å². The second-order valence-corrected chi connectivity index (χ2v) is 7.17. The van der Waals surface area contributed by atoms with E-state index in [0.29, 0.717) is 22.3 Å². The summed E-state index contributed by atoms with van der Waals surface area (Å²) in [6.07, 6.45) is 6.51. The lowest BCUT2D eigenvalue weighted by Gasteiger charge is -2.50. The van der Waals surface area contributed by atoms with Crippen LogP contribution in [0, 0.1) is 23.7 Å². The maximum atomic E-state index is 12.0. The van der Waals surface area contributed by atoms with Gasteiger partial charge in [-0.3, -0.25) is 4.79 Å². The molecular weight excluding hydrogens is 320 g/mol. The van der Waals surface area contributed by atoms with Gasteiger partial charge < -0.3 is 4.42 Å². The van der Waals surface area contributed by atoms with Crippen LogP contribution in [0.3, 0.4) is 0 Å². The van der Waals surface area contributed by atoms with Gasteiger partial charge in [-0.05, 0) is 83.8 Å². The van der Waals surface area contributed by atoms with E-state index in [-0.39, 0.29) is 5.91 Å². The van der Waals surface area contributed by atoms with Crippen molar-refractivity contribution in [2.24, 2.45) is 28.8 Å². The third-order valence-corrected chi connectivity index (χ3v) is 5.48. The molecule has 0 radical (unpaired) electrons. The highest BCUT2D eigenvalue weighted by Crippen LogP contribution is 2.52. The van der Waals surface area contributed by atoms with Crippen LogP contribution in [0.4, 0.5) is 0 Å². The number of rotatable bonds is 2. The molecular formula is C15H17BrN2O2. The van der Waals surface area contributed by atoms with Crippen molar-refractivity contribution < 1.29 is 9.21 Å². The Bertz CT molecular complexity index is 548. The summed E-state index contributed by atoms with van der Waals surface area (Å²) in [4.78, 5) is 12.0. The topological polar surface area (TPSA) is 54.6 Å². The lowest BCUT2D eigenvalue weighted by molar-refractivity contribution is 0.0915. The van der Waals surface area contributed by atoms with Crippen LogP contribution in [-0.4, -0.2) is 11.6 Å². The SMILES string of the molecule is O=C(NN=C1C2CC3CC(C2)CC1C3)c1ccc(Br)o1. The lowest BCUT2D eigenvalue weighted by atomic mass is 9.55. The number of carbonyl (C=O) groups is 1. The molecule has 1 amide bonds. The Balaban J connectivity index is 1.49. The van der Waals surface area contributed by atoms with Crippen molar-refractivity contribution in [3.8, 4) is 0 Å². The molecule has 4 aliphatic rings. The van der Waals surface area contributed by atoms with Crippen molar-refractivity contribution in [3.63, 3.8) is 0 Å². The average Bonchev–Trinajstić information content (AvgIpc) is 2.83. The van der Waals surface area contributed by atoms with Crippen molar-refractivity contribution in [2.75, 3.05) is 0 Å². The number of nitrogens with one attached hydrogen (secondary N) is 1. The number of carbonyl (C=O) groups excluding carboxylic acids is 1. The van der Waals surface area contributed by atoms with Gasteiger partial charge in [0.05, 0.1) is 0 Å². The normalized spacial score (nSPS) is 34.4. The van der Waals surface area contributed by atoms with Crippen LogP contribution in [-0.2, 0) is 0 Å². The Morgan fingerprint density at radius 3 is 2.35 bits per heavy atom. The van der Waals surface area contributed by atoms with Gasteiger partial charge in [0.25, 0.3) is 0 Å². The van der Waals surface area contributed by atoms with E-state index in [4.69, 9.17) is 4.42 Å². The summed E-state index contributed by atoms with van der Waals surface area (Å²) in [5.74, 6) is 3.06. The first-order chi connectivity index (χ1) is 9.69. The van der Waals surface area contributed by atoms with Gasteiger partial charge in [-0.2, -0.15) is 5.10 Å². The molecule has 4 saturated carbocycles. The molecule has 5 heteroatoms. The standard InChI is InChI=1S/C15H17BrN2O2/c16-13-2-1-12(20-13)15(19)18-17-14-10-4-8-3-9(6-10)7-11(14)5-8/h1-2,8-11H,3-7H2,(H,18,19). The molecule has 0 unspecified atom stereocenters. The van der Waals surface area contributed by atoms with Gasteiger partial charge in [-0.15, -0.1) is 0 Å². The van der Waals surface area contributed by atoms with Crippen molar-refractivity contribution in [3.05, 3.63) is 22.6 Å². The molecule has 5 rings (SSSR count). The van der Waals surface area contributed by atoms with Crippen LogP contribution in [0.1, 0.15) is 42.7 Å². The molecule has 0 aromatic carbocycles. The Hall–Kier alpha value is -1.10. The van der Waals surface area contributed by atoms with Crippen molar-refractivity contribution in [1.29, 1.82) is 0 Å². The molecule has 0 atom stereocenters. The Kier molecular flexibility index (Phi) is 2.98. The van der Waals surface area contributed by atoms with Crippen molar-refractivity contribution in [1.82, 2.24) is 5.43 Å². The van der Waals surface area contributed by atoms with Gasteiger partial charge in [0.15, 0.2) is 10.4 Å². The van der Waals surface area contributed by atoms with E-state index in [1.165, 1.54) is 37.8 Å². The summed E-state index contributed by atoms with van der Waals surface area (Å²) in [5.41, 5.74) is 3.91. The molecule has 1 N–H and O–H groups in total. The number of halogens is 1. The quantitative estimate of drug-likeness (QED) is 0.839. The molecule has 20 heavy (non-hydrogen) atoms. The zero-order chi connectivity index (χ0) is 13.7. The number of amides is 1. The van der Waals surface area contributed by atoms with Gasteiger partial charge >= 0.3 is 5.91 Å². The van der Waals surface area contributed by atoms with E-state index in [1.54, 1.807) is 12.1 Å². The lowest BCUT2D eigenvalue weighted by Crippen LogP contribution is -2.46. The Morgan fingerprint density at radius 1 is 1.15 bits per heavy atom. The fourth-order valence-electron chi connectivity index (χ4n) is 4.46. The minimum atomic E-state index is -0.267. The van der Waals surface area contributed by atoms with E-state index in [1.807, 2.05) is 0 Å². The minimum absolute atomic E-state index is 0.267. The minimum Gasteiger partial charge on any atom is -0.444 e. The van der Waals surface area contributed by atoms with Crippen LogP contribution < -0.4 is 5.43 Å². The number of nitrogens with zero attached hydrogens (tertiary/aromatic N) is 1. The molecule has 4 fully saturated rings. The van der Waals surface area contributed by atoms with Crippen LogP contribution in [0.5, 0.6) is 0 Å². The Labute approximate surface area is 126 Å². The molecule has 0 spiro atoms. The van der Waals surface area contributed by atoms with Crippen LogP contribution in [0.2, 0.25) is 0 Å². The number of hydrazone groups is 1. The Morgan fingerprint density at radius 2 is 1.80 bits per heavy atom. The van der Waals surface area contributed by atoms with Crippen molar-refractivity contribution in [2.45, 2.75) is 32.1 Å². The van der Waals surface area contributed by atoms with Crippen LogP contribution >= 0.6 is 15.9 Å². The second kappa shape index (κ2) is 4.72. The molecule has 4 aliphatic carbocycles. The maximum Gasteiger partial charge on any atom is 0.307 e. The van der Waals surface area contributed by atoms with E-state index >= 15 is 0 Å². The highest BCUT2D eigenvalue weighted by molar-refractivity contribution is 9.10. The number of hydrogen-bond acceptors (Lipinski definition) is 3. The summed E-state index contributed by atoms with van der Waals surface area (Å²) in [5, 5.41) is 4.45. The maximum absolute atomic E-state index is 12.0. The molecule has 4 bridgehead atoms. The van der Waals surface area contributed by atoms with Gasteiger partial charge in [0, 0.05) is 5.71 Å². The molecule has 4 nitrogen and oxygen atoms in total. The fraction of sp³-hybridized carbons (Fsp3) is 0.600. The monoisotopic (exact) mass is 336 g/mol. The third-order valence-electron chi connectivity index (χ3n) is 5.06. The predicted octanol–water partition coefficient (Wildman–Crippen LogP) is 3.58. The highest BCUT2D eigenvalue weighted by atomic mass is 79.9. The molecule has 1 aromatic heterocycles. The molecule has 1 aromatic rings.